The highest BCUT2D eigenvalue weighted by Crippen LogP contribution is 2.14. The lowest BCUT2D eigenvalue weighted by Gasteiger charge is -2.04. The van der Waals surface area contributed by atoms with Crippen LogP contribution in [0.2, 0.25) is 0 Å². The number of nitrogens with zero attached hydrogens (tertiary/aromatic N) is 1. The summed E-state index contributed by atoms with van der Waals surface area (Å²) in [4.78, 5) is 3.90. The summed E-state index contributed by atoms with van der Waals surface area (Å²) < 4.78 is 29.0. The van der Waals surface area contributed by atoms with Gasteiger partial charge >= 0.3 is 5.23 Å². The lowest BCUT2D eigenvalue weighted by molar-refractivity contribution is 0.478. The van der Waals surface area contributed by atoms with Crippen LogP contribution < -0.4 is 0 Å². The molecule has 1 aromatic carbocycles. The van der Waals surface area contributed by atoms with Gasteiger partial charge in [0.1, 0.15) is 0 Å². The molecule has 0 amide bonds. The van der Waals surface area contributed by atoms with Crippen LogP contribution in [-0.2, 0) is 14.6 Å². The Bertz CT molecular complexity index is 556. The molecular formula is C11H9NO3S. The second kappa shape index (κ2) is 4.32. The van der Waals surface area contributed by atoms with E-state index in [1.807, 2.05) is 0 Å². The van der Waals surface area contributed by atoms with Gasteiger partial charge in [0, 0.05) is 6.20 Å². The molecular weight excluding hydrogens is 226 g/mol. The maximum absolute atomic E-state index is 12.0. The summed E-state index contributed by atoms with van der Waals surface area (Å²) >= 11 is 0. The van der Waals surface area contributed by atoms with Crippen LogP contribution >= 0.6 is 0 Å². The first-order valence-electron chi connectivity index (χ1n) is 4.57. The Morgan fingerprint density at radius 1 is 1.06 bits per heavy atom. The highest BCUT2D eigenvalue weighted by atomic mass is 32.2. The van der Waals surface area contributed by atoms with Gasteiger partial charge in [0.15, 0.2) is 0 Å². The van der Waals surface area contributed by atoms with Crippen molar-refractivity contribution in [3.63, 3.8) is 0 Å². The molecule has 0 unspecified atom stereocenters. The Morgan fingerprint density at radius 2 is 1.81 bits per heavy atom. The second-order valence-corrected chi connectivity index (χ2v) is 4.83. The predicted molar refractivity (Wildman–Crippen MR) is 60.4 cm³/mol. The molecule has 0 radical (unpaired) electrons. The van der Waals surface area contributed by atoms with Crippen molar-refractivity contribution < 1.29 is 13.2 Å². The van der Waals surface area contributed by atoms with E-state index in [-0.39, 0.29) is 10.1 Å². The normalized spacial score (nSPS) is 15.1. The minimum absolute atomic E-state index is 0.164. The number of sulfone groups is 1. The zero-order valence-electron chi connectivity index (χ0n) is 8.28. The number of benzene rings is 1. The van der Waals surface area contributed by atoms with E-state index in [1.165, 1.54) is 24.6 Å². The van der Waals surface area contributed by atoms with Crippen molar-refractivity contribution in [2.45, 2.75) is 4.90 Å². The number of hydrogen-bond acceptors (Lipinski definition) is 4. The molecule has 1 aromatic rings. The van der Waals surface area contributed by atoms with Crippen LogP contribution in [0, 0.1) is 0 Å². The molecule has 2 rings (SSSR count). The molecule has 16 heavy (non-hydrogen) atoms. The largest absolute Gasteiger partial charge is 0.438 e. The third-order valence-corrected chi connectivity index (χ3v) is 3.46. The Kier molecular flexibility index (Phi) is 2.87. The fraction of sp³-hybridized carbons (Fsp3) is 0. The van der Waals surface area contributed by atoms with Gasteiger partial charge in [-0.05, 0) is 24.3 Å². The van der Waals surface area contributed by atoms with E-state index in [1.54, 1.807) is 30.4 Å². The highest BCUT2D eigenvalue weighted by molar-refractivity contribution is 8.06. The lowest BCUT2D eigenvalue weighted by atomic mass is 10.4. The van der Waals surface area contributed by atoms with Crippen molar-refractivity contribution in [3.05, 3.63) is 54.9 Å². The van der Waals surface area contributed by atoms with Gasteiger partial charge in [0.25, 0.3) is 9.84 Å². The van der Waals surface area contributed by atoms with E-state index >= 15 is 0 Å². The Morgan fingerprint density at radius 3 is 2.56 bits per heavy atom. The minimum atomic E-state index is -3.66. The topological polar surface area (TPSA) is 55.7 Å². The molecule has 0 saturated heterocycles. The van der Waals surface area contributed by atoms with Gasteiger partial charge in [-0.3, -0.25) is 0 Å². The number of ether oxygens (including phenoxy) is 1. The third kappa shape index (κ3) is 2.04. The van der Waals surface area contributed by atoms with Crippen LogP contribution in [0.25, 0.3) is 0 Å². The molecule has 0 fully saturated rings. The maximum Gasteiger partial charge on any atom is 0.319 e. The summed E-state index contributed by atoms with van der Waals surface area (Å²) in [6.07, 6.45) is 5.81. The van der Waals surface area contributed by atoms with Gasteiger partial charge in [0.05, 0.1) is 11.2 Å². The molecule has 4 nitrogen and oxygen atoms in total. The molecule has 0 spiro atoms. The van der Waals surface area contributed by atoms with Crippen molar-refractivity contribution in [1.82, 2.24) is 0 Å². The Balaban J connectivity index is 2.44. The van der Waals surface area contributed by atoms with Crippen molar-refractivity contribution in [2.24, 2.45) is 4.99 Å². The van der Waals surface area contributed by atoms with Gasteiger partial charge in [-0.2, -0.15) is 0 Å². The molecule has 1 aliphatic heterocycles. The molecule has 0 bridgehead atoms. The number of rotatable bonds is 1. The van der Waals surface area contributed by atoms with Gasteiger partial charge < -0.3 is 4.74 Å². The van der Waals surface area contributed by atoms with Gasteiger partial charge in [-0.1, -0.05) is 18.2 Å². The smallest absolute Gasteiger partial charge is 0.319 e. The summed E-state index contributed by atoms with van der Waals surface area (Å²) in [7, 11) is -3.66. The summed E-state index contributed by atoms with van der Waals surface area (Å²) in [6.45, 7) is 0. The number of aliphatic imine (C=N–C) groups is 1. The fourth-order valence-electron chi connectivity index (χ4n) is 1.16. The highest BCUT2D eigenvalue weighted by Gasteiger charge is 2.23. The number of hydrogen-bond donors (Lipinski definition) is 0. The standard InChI is InChI=1S/C11H9NO3S/c13-16(14,10-6-2-1-3-7-10)11-12-8-4-5-9-15-11/h1-9H. The summed E-state index contributed by atoms with van der Waals surface area (Å²) in [6, 6.07) is 8.04. The SMILES string of the molecule is O=S(=O)(C1=NC=CC=CO1)c1ccccc1. The molecule has 0 atom stereocenters. The summed E-state index contributed by atoms with van der Waals surface area (Å²) in [5.74, 6) is 0. The molecule has 0 N–H and O–H groups in total. The second-order valence-electron chi connectivity index (χ2n) is 3.00. The van der Waals surface area contributed by atoms with E-state index in [4.69, 9.17) is 4.74 Å². The Labute approximate surface area is 93.5 Å². The molecule has 82 valence electrons. The third-order valence-electron chi connectivity index (χ3n) is 1.91. The first kappa shape index (κ1) is 10.6. The van der Waals surface area contributed by atoms with E-state index < -0.39 is 9.84 Å². The van der Waals surface area contributed by atoms with Crippen LogP contribution in [0.15, 0.2) is 64.8 Å². The first-order chi connectivity index (χ1) is 7.71. The van der Waals surface area contributed by atoms with Crippen LogP contribution in [0.1, 0.15) is 0 Å². The zero-order chi connectivity index (χ0) is 11.4. The van der Waals surface area contributed by atoms with Gasteiger partial charge in [-0.25, -0.2) is 13.4 Å². The zero-order valence-corrected chi connectivity index (χ0v) is 9.09. The molecule has 0 saturated carbocycles. The van der Waals surface area contributed by atoms with Crippen molar-refractivity contribution in [1.29, 1.82) is 0 Å². The molecule has 0 aliphatic carbocycles. The molecule has 1 aliphatic rings. The quantitative estimate of drug-likeness (QED) is 0.746. The summed E-state index contributed by atoms with van der Waals surface area (Å²) in [5, 5.41) is -0.316. The van der Waals surface area contributed by atoms with Crippen LogP contribution in [0.5, 0.6) is 0 Å². The fourth-order valence-corrected chi connectivity index (χ4v) is 2.26. The van der Waals surface area contributed by atoms with Crippen molar-refractivity contribution in [3.8, 4) is 0 Å². The average molecular weight is 235 g/mol. The predicted octanol–water partition coefficient (Wildman–Crippen LogP) is 1.87. The number of allylic oxidation sites excluding steroid dienone is 2. The van der Waals surface area contributed by atoms with Gasteiger partial charge in [-0.15, -0.1) is 0 Å². The van der Waals surface area contributed by atoms with Crippen LogP contribution in [0.3, 0.4) is 0 Å². The Hall–Kier alpha value is -1.88. The lowest BCUT2D eigenvalue weighted by Crippen LogP contribution is -2.16. The van der Waals surface area contributed by atoms with Crippen molar-refractivity contribution >= 4 is 15.1 Å². The van der Waals surface area contributed by atoms with E-state index in [2.05, 4.69) is 4.99 Å². The monoisotopic (exact) mass is 235 g/mol. The van der Waals surface area contributed by atoms with E-state index in [0.717, 1.165) is 0 Å². The van der Waals surface area contributed by atoms with Crippen molar-refractivity contribution in [2.75, 3.05) is 0 Å². The molecule has 0 aromatic heterocycles. The average Bonchev–Trinajstić information content (AvgIpc) is 2.59. The van der Waals surface area contributed by atoms with Crippen LogP contribution in [0.4, 0.5) is 0 Å². The summed E-state index contributed by atoms with van der Waals surface area (Å²) in [5.41, 5.74) is 0. The molecule has 1 heterocycles. The minimum Gasteiger partial charge on any atom is -0.438 e. The first-order valence-corrected chi connectivity index (χ1v) is 6.06. The maximum atomic E-state index is 12.0. The van der Waals surface area contributed by atoms with Crippen LogP contribution in [-0.4, -0.2) is 13.6 Å². The molecule has 5 heteroatoms. The van der Waals surface area contributed by atoms with Gasteiger partial charge in [0.2, 0.25) is 0 Å². The van der Waals surface area contributed by atoms with E-state index in [9.17, 15) is 8.42 Å². The van der Waals surface area contributed by atoms with E-state index in [0.29, 0.717) is 0 Å².